The van der Waals surface area contributed by atoms with Crippen LogP contribution in [0.25, 0.3) is 0 Å². The highest BCUT2D eigenvalue weighted by atomic mass is 35.5. The molecule has 1 nitrogen and oxygen atoms in total. The monoisotopic (exact) mass is 277 g/mol. The van der Waals surface area contributed by atoms with Gasteiger partial charge in [0.15, 0.2) is 0 Å². The van der Waals surface area contributed by atoms with E-state index in [1.54, 1.807) is 0 Å². The van der Waals surface area contributed by atoms with E-state index in [9.17, 15) is 0 Å². The first-order valence-corrected chi connectivity index (χ1v) is 7.85. The van der Waals surface area contributed by atoms with Crippen LogP contribution in [0.2, 0.25) is 5.02 Å². The topological polar surface area (TPSA) is 12.0 Å². The smallest absolute Gasteiger partial charge is 0.0406 e. The van der Waals surface area contributed by atoms with Gasteiger partial charge in [-0.3, -0.25) is 0 Å². The van der Waals surface area contributed by atoms with Crippen LogP contribution in [0.5, 0.6) is 0 Å². The van der Waals surface area contributed by atoms with Gasteiger partial charge in [0.25, 0.3) is 0 Å². The molecule has 0 bridgehead atoms. The fourth-order valence-electron chi connectivity index (χ4n) is 4.37. The Balaban J connectivity index is 1.91. The second-order valence-electron chi connectivity index (χ2n) is 7.26. The van der Waals surface area contributed by atoms with E-state index in [0.29, 0.717) is 16.7 Å². The minimum atomic E-state index is 0.516. The molecule has 1 saturated heterocycles. The molecule has 2 atom stereocenters. The first-order chi connectivity index (χ1) is 9.01. The van der Waals surface area contributed by atoms with Gasteiger partial charge in [-0.05, 0) is 60.8 Å². The summed E-state index contributed by atoms with van der Waals surface area (Å²) in [6, 6.07) is 8.54. The first kappa shape index (κ1) is 13.5. The molecule has 0 amide bonds. The fourth-order valence-corrected chi connectivity index (χ4v) is 4.49. The molecule has 2 fully saturated rings. The van der Waals surface area contributed by atoms with Gasteiger partial charge in [0.05, 0.1) is 0 Å². The lowest BCUT2D eigenvalue weighted by Crippen LogP contribution is -2.42. The number of piperidine rings is 1. The summed E-state index contributed by atoms with van der Waals surface area (Å²) in [4.78, 5) is 0. The quantitative estimate of drug-likeness (QED) is 0.790. The Morgan fingerprint density at radius 2 is 1.84 bits per heavy atom. The van der Waals surface area contributed by atoms with Crippen LogP contribution in [0, 0.1) is 10.8 Å². The molecule has 1 heterocycles. The summed E-state index contributed by atoms with van der Waals surface area (Å²) in [6.07, 6.45) is 5.45. The van der Waals surface area contributed by atoms with Crippen molar-refractivity contribution in [1.82, 2.24) is 5.32 Å². The van der Waals surface area contributed by atoms with Crippen molar-refractivity contribution in [1.29, 1.82) is 0 Å². The number of hydrogen-bond donors (Lipinski definition) is 1. The van der Waals surface area contributed by atoms with Crippen molar-refractivity contribution in [3.8, 4) is 0 Å². The Morgan fingerprint density at radius 3 is 2.47 bits per heavy atom. The molecule has 3 rings (SSSR count). The molecule has 104 valence electrons. The Morgan fingerprint density at radius 1 is 1.11 bits per heavy atom. The summed E-state index contributed by atoms with van der Waals surface area (Å²) in [5.74, 6) is 0.653. The van der Waals surface area contributed by atoms with E-state index in [1.807, 2.05) is 12.1 Å². The molecule has 0 radical (unpaired) electrons. The van der Waals surface area contributed by atoms with Gasteiger partial charge >= 0.3 is 0 Å². The van der Waals surface area contributed by atoms with Crippen molar-refractivity contribution in [3.63, 3.8) is 0 Å². The lowest BCUT2D eigenvalue weighted by molar-refractivity contribution is 0.151. The maximum Gasteiger partial charge on any atom is 0.0406 e. The Bertz CT molecular complexity index is 451. The summed E-state index contributed by atoms with van der Waals surface area (Å²) >= 11 is 6.03. The van der Waals surface area contributed by atoms with E-state index in [2.05, 4.69) is 31.3 Å². The molecule has 2 heteroatoms. The van der Waals surface area contributed by atoms with Crippen molar-refractivity contribution in [2.24, 2.45) is 10.8 Å². The van der Waals surface area contributed by atoms with Gasteiger partial charge in [0, 0.05) is 17.5 Å². The summed E-state index contributed by atoms with van der Waals surface area (Å²) in [7, 11) is 0. The van der Waals surface area contributed by atoms with Crippen molar-refractivity contribution in [2.75, 3.05) is 13.1 Å². The van der Waals surface area contributed by atoms with Crippen LogP contribution in [0.3, 0.4) is 0 Å². The zero-order valence-corrected chi connectivity index (χ0v) is 12.8. The molecule has 2 aliphatic rings. The van der Waals surface area contributed by atoms with Gasteiger partial charge in [0.1, 0.15) is 0 Å². The molecule has 0 aromatic heterocycles. The van der Waals surface area contributed by atoms with Crippen molar-refractivity contribution in [2.45, 2.75) is 45.4 Å². The van der Waals surface area contributed by atoms with E-state index in [1.165, 1.54) is 37.8 Å². The van der Waals surface area contributed by atoms with Gasteiger partial charge < -0.3 is 5.32 Å². The van der Waals surface area contributed by atoms with Crippen LogP contribution < -0.4 is 5.32 Å². The van der Waals surface area contributed by atoms with Crippen molar-refractivity contribution >= 4 is 11.6 Å². The lowest BCUT2D eigenvalue weighted by Gasteiger charge is -2.43. The maximum absolute atomic E-state index is 6.03. The number of hydrogen-bond acceptors (Lipinski definition) is 1. The molecular formula is C17H24ClN. The van der Waals surface area contributed by atoms with Crippen LogP contribution in [-0.4, -0.2) is 13.1 Å². The third-order valence-electron chi connectivity index (χ3n) is 5.29. The van der Waals surface area contributed by atoms with Crippen LogP contribution in [-0.2, 0) is 0 Å². The fraction of sp³-hybridized carbons (Fsp3) is 0.647. The largest absolute Gasteiger partial charge is 0.316 e. The Hall–Kier alpha value is -0.530. The van der Waals surface area contributed by atoms with Gasteiger partial charge in [-0.15, -0.1) is 0 Å². The minimum absolute atomic E-state index is 0.516. The predicted octanol–water partition coefficient (Wildman–Crippen LogP) is 4.61. The number of halogens is 1. The zero-order chi connectivity index (χ0) is 13.5. The van der Waals surface area contributed by atoms with E-state index < -0.39 is 0 Å². The predicted molar refractivity (Wildman–Crippen MR) is 81.7 cm³/mol. The molecule has 1 aliphatic heterocycles. The molecule has 19 heavy (non-hydrogen) atoms. The second kappa shape index (κ2) is 4.79. The molecule has 1 saturated carbocycles. The molecule has 1 aliphatic carbocycles. The molecule has 1 spiro atoms. The van der Waals surface area contributed by atoms with Gasteiger partial charge in [-0.1, -0.05) is 37.6 Å². The van der Waals surface area contributed by atoms with Crippen molar-refractivity contribution in [3.05, 3.63) is 34.9 Å². The number of rotatable bonds is 1. The lowest BCUT2D eigenvalue weighted by atomic mass is 9.65. The zero-order valence-electron chi connectivity index (χ0n) is 12.0. The molecular weight excluding hydrogens is 254 g/mol. The molecule has 2 unspecified atom stereocenters. The van der Waals surface area contributed by atoms with Crippen LogP contribution >= 0.6 is 11.6 Å². The molecule has 1 aromatic carbocycles. The molecule has 1 aromatic rings. The van der Waals surface area contributed by atoms with Crippen LogP contribution in [0.1, 0.15) is 51.0 Å². The van der Waals surface area contributed by atoms with E-state index in [4.69, 9.17) is 11.6 Å². The number of nitrogens with one attached hydrogen (secondary N) is 1. The Kier molecular flexibility index (Phi) is 3.39. The van der Waals surface area contributed by atoms with E-state index in [-0.39, 0.29) is 0 Å². The maximum atomic E-state index is 6.03. The van der Waals surface area contributed by atoms with Gasteiger partial charge in [0.2, 0.25) is 0 Å². The summed E-state index contributed by atoms with van der Waals surface area (Å²) < 4.78 is 0. The minimum Gasteiger partial charge on any atom is -0.316 e. The van der Waals surface area contributed by atoms with Gasteiger partial charge in [-0.2, -0.15) is 0 Å². The highest BCUT2D eigenvalue weighted by molar-refractivity contribution is 6.30. The highest BCUT2D eigenvalue weighted by Crippen LogP contribution is 2.58. The van der Waals surface area contributed by atoms with E-state index >= 15 is 0 Å². The average molecular weight is 278 g/mol. The summed E-state index contributed by atoms with van der Waals surface area (Å²) in [6.45, 7) is 7.17. The Labute approximate surface area is 121 Å². The third kappa shape index (κ3) is 2.55. The van der Waals surface area contributed by atoms with Crippen LogP contribution in [0.4, 0.5) is 0 Å². The summed E-state index contributed by atoms with van der Waals surface area (Å²) in [5, 5.41) is 4.43. The van der Waals surface area contributed by atoms with Gasteiger partial charge in [-0.25, -0.2) is 0 Å². The third-order valence-corrected chi connectivity index (χ3v) is 5.54. The van der Waals surface area contributed by atoms with Crippen molar-refractivity contribution < 1.29 is 0 Å². The number of benzene rings is 1. The normalized spacial score (nSPS) is 33.7. The second-order valence-corrected chi connectivity index (χ2v) is 7.70. The average Bonchev–Trinajstić information content (AvgIpc) is 2.67. The molecule has 1 N–H and O–H groups in total. The first-order valence-electron chi connectivity index (χ1n) is 7.47. The highest BCUT2D eigenvalue weighted by Gasteiger charge is 2.49. The van der Waals surface area contributed by atoms with E-state index in [0.717, 1.165) is 11.6 Å². The van der Waals surface area contributed by atoms with Crippen LogP contribution in [0.15, 0.2) is 24.3 Å². The SMILES string of the molecule is CC1(C)CCC2(CCNCC2c2ccc(Cl)cc2)C1. The standard InChI is InChI=1S/C17H24ClN/c1-16(2)7-8-17(12-16)9-10-19-11-15(17)13-3-5-14(18)6-4-13/h3-6,15,19H,7-12H2,1-2H3. The summed E-state index contributed by atoms with van der Waals surface area (Å²) in [5.41, 5.74) is 2.50.